The first kappa shape index (κ1) is 17.6. The molecule has 0 atom stereocenters. The normalized spacial score (nSPS) is 17.3. The summed E-state index contributed by atoms with van der Waals surface area (Å²) in [6, 6.07) is 0. The number of carbonyl (C=O) groups excluding carboxylic acids is 3. The average molecular weight is 302 g/mol. The summed E-state index contributed by atoms with van der Waals surface area (Å²) in [7, 11) is 1.39. The van der Waals surface area contributed by atoms with Crippen molar-refractivity contribution in [1.82, 2.24) is 0 Å². The summed E-state index contributed by atoms with van der Waals surface area (Å²) >= 11 is 0. The van der Waals surface area contributed by atoms with Gasteiger partial charge in [-0.3, -0.25) is 14.4 Å². The number of hydrogen-bond donors (Lipinski definition) is 0. The van der Waals surface area contributed by atoms with E-state index in [0.29, 0.717) is 13.2 Å². The summed E-state index contributed by atoms with van der Waals surface area (Å²) in [6.07, 6.45) is 0.579. The molecule has 1 heterocycles. The molecule has 0 unspecified atom stereocenters. The van der Waals surface area contributed by atoms with Crippen molar-refractivity contribution >= 4 is 17.7 Å². The molecule has 0 bridgehead atoms. The summed E-state index contributed by atoms with van der Waals surface area (Å²) in [4.78, 5) is 36.6. The van der Waals surface area contributed by atoms with Crippen molar-refractivity contribution in [3.63, 3.8) is 0 Å². The van der Waals surface area contributed by atoms with Crippen LogP contribution in [-0.4, -0.2) is 56.9 Å². The lowest BCUT2D eigenvalue weighted by Gasteiger charge is -2.35. The Labute approximate surface area is 123 Å². The van der Waals surface area contributed by atoms with E-state index in [-0.39, 0.29) is 26.1 Å². The molecule has 0 aromatic carbocycles. The Balaban J connectivity index is 3.02. The van der Waals surface area contributed by atoms with Gasteiger partial charge in [0.05, 0.1) is 13.2 Å². The third kappa shape index (κ3) is 4.01. The van der Waals surface area contributed by atoms with Crippen LogP contribution in [0, 0.1) is 5.92 Å². The minimum Gasteiger partial charge on any atom is -0.465 e. The van der Waals surface area contributed by atoms with Gasteiger partial charge >= 0.3 is 11.9 Å². The van der Waals surface area contributed by atoms with Gasteiger partial charge in [0.15, 0.2) is 5.78 Å². The van der Waals surface area contributed by atoms with Crippen LogP contribution < -0.4 is 0 Å². The van der Waals surface area contributed by atoms with E-state index in [0.717, 1.165) is 0 Å². The number of carbonyl (C=O) groups is 3. The van der Waals surface area contributed by atoms with Crippen molar-refractivity contribution in [3.8, 4) is 0 Å². The first-order valence-corrected chi connectivity index (χ1v) is 7.03. The number of hydrogen-bond acceptors (Lipinski definition) is 7. The number of rotatable bonds is 7. The predicted molar refractivity (Wildman–Crippen MR) is 71.6 cm³/mol. The van der Waals surface area contributed by atoms with Crippen molar-refractivity contribution in [2.45, 2.75) is 32.3 Å². The van der Waals surface area contributed by atoms with Crippen LogP contribution >= 0.6 is 0 Å². The molecule has 0 spiro atoms. The second-order valence-corrected chi connectivity index (χ2v) is 4.61. The van der Waals surface area contributed by atoms with Crippen LogP contribution in [0.2, 0.25) is 0 Å². The van der Waals surface area contributed by atoms with Crippen LogP contribution in [0.25, 0.3) is 0 Å². The predicted octanol–water partition coefficient (Wildman–Crippen LogP) is 0.493. The highest BCUT2D eigenvalue weighted by molar-refractivity contribution is 6.17. The monoisotopic (exact) mass is 302 g/mol. The standard InChI is InChI=1S/C14H22O7/c1-4-20-12(16)10(13(17)21-5-2)11(15)14(18-3)6-8-19-9-7-14/h10H,4-9H2,1-3H3. The average Bonchev–Trinajstić information content (AvgIpc) is 2.48. The Hall–Kier alpha value is -1.47. The number of ketones is 1. The Kier molecular flexibility index (Phi) is 6.77. The molecule has 1 saturated heterocycles. The quantitative estimate of drug-likeness (QED) is 0.499. The third-order valence-electron chi connectivity index (χ3n) is 3.45. The topological polar surface area (TPSA) is 88.1 Å². The molecule has 0 saturated carbocycles. The van der Waals surface area contributed by atoms with Crippen molar-refractivity contribution in [1.29, 1.82) is 0 Å². The Bertz CT molecular complexity index is 367. The van der Waals surface area contributed by atoms with Gasteiger partial charge in [-0.05, 0) is 13.8 Å². The second kappa shape index (κ2) is 8.09. The molecule has 7 nitrogen and oxygen atoms in total. The van der Waals surface area contributed by atoms with Gasteiger partial charge < -0.3 is 18.9 Å². The van der Waals surface area contributed by atoms with Crippen molar-refractivity contribution in [2.75, 3.05) is 33.5 Å². The van der Waals surface area contributed by atoms with Gasteiger partial charge in [0.2, 0.25) is 5.92 Å². The molecule has 0 aliphatic carbocycles. The zero-order chi connectivity index (χ0) is 15.9. The molecule has 120 valence electrons. The first-order valence-electron chi connectivity index (χ1n) is 7.03. The lowest BCUT2D eigenvalue weighted by molar-refractivity contribution is -0.174. The van der Waals surface area contributed by atoms with Gasteiger partial charge in [0.1, 0.15) is 5.60 Å². The smallest absolute Gasteiger partial charge is 0.328 e. The highest BCUT2D eigenvalue weighted by Gasteiger charge is 2.50. The van der Waals surface area contributed by atoms with Gasteiger partial charge in [0, 0.05) is 33.2 Å². The fourth-order valence-electron chi connectivity index (χ4n) is 2.28. The maximum Gasteiger partial charge on any atom is 0.328 e. The largest absolute Gasteiger partial charge is 0.465 e. The van der Waals surface area contributed by atoms with Gasteiger partial charge in [0.25, 0.3) is 0 Å². The highest BCUT2D eigenvalue weighted by atomic mass is 16.6. The lowest BCUT2D eigenvalue weighted by Crippen LogP contribution is -2.52. The molecule has 0 aromatic heterocycles. The van der Waals surface area contributed by atoms with Gasteiger partial charge in [-0.15, -0.1) is 0 Å². The van der Waals surface area contributed by atoms with E-state index in [1.807, 2.05) is 0 Å². The molecule has 0 N–H and O–H groups in total. The van der Waals surface area contributed by atoms with Crippen LogP contribution in [0.1, 0.15) is 26.7 Å². The molecule has 1 aliphatic heterocycles. The van der Waals surface area contributed by atoms with Crippen molar-refractivity contribution < 1.29 is 33.3 Å². The van der Waals surface area contributed by atoms with Crippen LogP contribution in [0.3, 0.4) is 0 Å². The van der Waals surface area contributed by atoms with E-state index in [9.17, 15) is 14.4 Å². The Morgan fingerprint density at radius 1 is 1.05 bits per heavy atom. The summed E-state index contributed by atoms with van der Waals surface area (Å²) in [5.41, 5.74) is -1.21. The first-order chi connectivity index (χ1) is 10.0. The van der Waals surface area contributed by atoms with Crippen molar-refractivity contribution in [3.05, 3.63) is 0 Å². The van der Waals surface area contributed by atoms with Crippen LogP contribution in [-0.2, 0) is 33.3 Å². The molecular formula is C14H22O7. The molecule has 21 heavy (non-hydrogen) atoms. The summed E-state index contributed by atoms with van der Waals surface area (Å²) < 4.78 is 20.2. The molecule has 0 aromatic rings. The van der Waals surface area contributed by atoms with E-state index in [1.54, 1.807) is 13.8 Å². The Morgan fingerprint density at radius 2 is 1.52 bits per heavy atom. The molecule has 1 rings (SSSR count). The SMILES string of the molecule is CCOC(=O)C(C(=O)OCC)C(=O)C1(OC)CCOCC1. The summed E-state index contributed by atoms with van der Waals surface area (Å²) in [5, 5.41) is 0. The molecule has 1 fully saturated rings. The van der Waals surface area contributed by atoms with E-state index < -0.39 is 29.2 Å². The lowest BCUT2D eigenvalue weighted by atomic mass is 9.82. The fraction of sp³-hybridized carbons (Fsp3) is 0.786. The van der Waals surface area contributed by atoms with Gasteiger partial charge in [-0.25, -0.2) is 0 Å². The molecule has 7 heteroatoms. The van der Waals surface area contributed by atoms with Crippen LogP contribution in [0.15, 0.2) is 0 Å². The number of ether oxygens (including phenoxy) is 4. The van der Waals surface area contributed by atoms with E-state index in [4.69, 9.17) is 18.9 Å². The Morgan fingerprint density at radius 3 is 1.90 bits per heavy atom. The van der Waals surface area contributed by atoms with E-state index in [2.05, 4.69) is 0 Å². The molecule has 0 amide bonds. The van der Waals surface area contributed by atoms with Gasteiger partial charge in [-0.2, -0.15) is 0 Å². The molecular weight excluding hydrogens is 280 g/mol. The maximum absolute atomic E-state index is 12.7. The fourth-order valence-corrected chi connectivity index (χ4v) is 2.28. The maximum atomic E-state index is 12.7. The van der Waals surface area contributed by atoms with Crippen molar-refractivity contribution in [2.24, 2.45) is 5.92 Å². The van der Waals surface area contributed by atoms with E-state index in [1.165, 1.54) is 7.11 Å². The number of esters is 2. The summed E-state index contributed by atoms with van der Waals surface area (Å²) in [5.74, 6) is -4.03. The van der Waals surface area contributed by atoms with E-state index >= 15 is 0 Å². The zero-order valence-corrected chi connectivity index (χ0v) is 12.7. The molecule has 1 aliphatic rings. The van der Waals surface area contributed by atoms with Crippen LogP contribution in [0.4, 0.5) is 0 Å². The van der Waals surface area contributed by atoms with Gasteiger partial charge in [-0.1, -0.05) is 0 Å². The summed E-state index contributed by atoms with van der Waals surface area (Å²) in [6.45, 7) is 4.02. The third-order valence-corrected chi connectivity index (χ3v) is 3.45. The zero-order valence-electron chi connectivity index (χ0n) is 12.7. The number of methoxy groups -OCH3 is 1. The minimum absolute atomic E-state index is 0.0745. The van der Waals surface area contributed by atoms with Crippen LogP contribution in [0.5, 0.6) is 0 Å². The minimum atomic E-state index is -1.61. The number of Topliss-reactive ketones (excluding diaryl/α,β-unsaturated/α-hetero) is 1. The second-order valence-electron chi connectivity index (χ2n) is 4.61. The molecule has 0 radical (unpaired) electrons. The highest BCUT2D eigenvalue weighted by Crippen LogP contribution is 2.29.